The highest BCUT2D eigenvalue weighted by molar-refractivity contribution is 5.87. The number of nitrogens with zero attached hydrogens (tertiary/aromatic N) is 2. The molecule has 1 aromatic rings. The van der Waals surface area contributed by atoms with E-state index in [0.29, 0.717) is 17.4 Å². The summed E-state index contributed by atoms with van der Waals surface area (Å²) in [7, 11) is 0. The molecule has 0 saturated heterocycles. The zero-order valence-electron chi connectivity index (χ0n) is 10.6. The molecule has 98 valence electrons. The van der Waals surface area contributed by atoms with Crippen molar-refractivity contribution in [3.05, 3.63) is 17.8 Å². The number of aromatic nitrogens is 1. The first-order valence-corrected chi connectivity index (χ1v) is 6.36. The minimum absolute atomic E-state index is 0.0519. The Bertz CT molecular complexity index is 444. The predicted molar refractivity (Wildman–Crippen MR) is 70.8 cm³/mol. The molecule has 2 rings (SSSR count). The number of nitrogen functional groups attached to an aromatic ring is 1. The normalized spacial score (nSPS) is 14.5. The fourth-order valence-electron chi connectivity index (χ4n) is 2.00. The number of carboxylic acid groups (broad SMARTS) is 1. The van der Waals surface area contributed by atoms with Crippen LogP contribution in [0.15, 0.2) is 12.1 Å². The smallest absolute Gasteiger partial charge is 0.354 e. The molecule has 1 aromatic heterocycles. The first kappa shape index (κ1) is 12.7. The average molecular weight is 249 g/mol. The van der Waals surface area contributed by atoms with Gasteiger partial charge in [-0.05, 0) is 37.3 Å². The zero-order valence-corrected chi connectivity index (χ0v) is 10.6. The average Bonchev–Trinajstić information content (AvgIpc) is 3.13. The van der Waals surface area contributed by atoms with E-state index in [0.717, 1.165) is 19.5 Å². The Labute approximate surface area is 107 Å². The summed E-state index contributed by atoms with van der Waals surface area (Å²) in [5, 5.41) is 8.98. The van der Waals surface area contributed by atoms with E-state index >= 15 is 0 Å². The first-order chi connectivity index (χ1) is 8.61. The second-order valence-corrected chi connectivity index (χ2v) is 4.80. The Morgan fingerprint density at radius 1 is 1.56 bits per heavy atom. The third kappa shape index (κ3) is 2.91. The van der Waals surface area contributed by atoms with Crippen LogP contribution in [0.3, 0.4) is 0 Å². The van der Waals surface area contributed by atoms with Crippen LogP contribution in [-0.2, 0) is 0 Å². The van der Waals surface area contributed by atoms with Gasteiger partial charge in [0.15, 0.2) is 11.5 Å². The zero-order chi connectivity index (χ0) is 13.1. The van der Waals surface area contributed by atoms with Crippen LogP contribution in [0.2, 0.25) is 0 Å². The molecular formula is C13H19N3O2. The maximum absolute atomic E-state index is 11.0. The van der Waals surface area contributed by atoms with Gasteiger partial charge in [-0.1, -0.05) is 6.92 Å². The molecule has 1 heterocycles. The van der Waals surface area contributed by atoms with Crippen molar-refractivity contribution in [1.29, 1.82) is 0 Å². The Balaban J connectivity index is 2.25. The van der Waals surface area contributed by atoms with Gasteiger partial charge in [0, 0.05) is 13.1 Å². The number of rotatable bonds is 6. The van der Waals surface area contributed by atoms with Gasteiger partial charge in [-0.25, -0.2) is 9.78 Å². The van der Waals surface area contributed by atoms with E-state index in [1.807, 2.05) is 0 Å². The highest BCUT2D eigenvalue weighted by Gasteiger charge is 2.25. The topological polar surface area (TPSA) is 79.5 Å². The molecule has 5 heteroatoms. The van der Waals surface area contributed by atoms with Crippen molar-refractivity contribution in [1.82, 2.24) is 4.98 Å². The van der Waals surface area contributed by atoms with Crippen LogP contribution in [0.1, 0.15) is 36.7 Å². The third-order valence-corrected chi connectivity index (χ3v) is 3.09. The summed E-state index contributed by atoms with van der Waals surface area (Å²) in [6.45, 7) is 3.88. The monoisotopic (exact) mass is 249 g/mol. The molecule has 0 amide bonds. The molecule has 18 heavy (non-hydrogen) atoms. The summed E-state index contributed by atoms with van der Waals surface area (Å²) in [5.41, 5.74) is 6.52. The van der Waals surface area contributed by atoms with E-state index in [1.165, 1.54) is 18.9 Å². The molecule has 0 aliphatic heterocycles. The molecule has 0 unspecified atom stereocenters. The molecule has 1 fully saturated rings. The quantitative estimate of drug-likeness (QED) is 0.806. The number of pyridine rings is 1. The Morgan fingerprint density at radius 2 is 2.28 bits per heavy atom. The molecule has 0 aromatic carbocycles. The summed E-state index contributed by atoms with van der Waals surface area (Å²) in [6.07, 6.45) is 3.49. The van der Waals surface area contributed by atoms with Crippen LogP contribution in [0, 0.1) is 5.92 Å². The summed E-state index contributed by atoms with van der Waals surface area (Å²) in [6, 6.07) is 3.07. The van der Waals surface area contributed by atoms with Gasteiger partial charge >= 0.3 is 5.97 Å². The third-order valence-electron chi connectivity index (χ3n) is 3.09. The predicted octanol–water partition coefficient (Wildman–Crippen LogP) is 1.99. The lowest BCUT2D eigenvalue weighted by atomic mass is 10.2. The van der Waals surface area contributed by atoms with Gasteiger partial charge in [0.1, 0.15) is 0 Å². The maximum Gasteiger partial charge on any atom is 0.354 e. The molecule has 0 atom stereocenters. The highest BCUT2D eigenvalue weighted by Crippen LogP contribution is 2.32. The van der Waals surface area contributed by atoms with Gasteiger partial charge in [0.05, 0.1) is 5.69 Å². The van der Waals surface area contributed by atoms with Gasteiger partial charge in [0.25, 0.3) is 0 Å². The van der Waals surface area contributed by atoms with E-state index in [2.05, 4.69) is 16.8 Å². The van der Waals surface area contributed by atoms with Crippen LogP contribution in [0.5, 0.6) is 0 Å². The number of carbonyl (C=O) groups is 1. The van der Waals surface area contributed by atoms with Crippen LogP contribution in [-0.4, -0.2) is 29.1 Å². The van der Waals surface area contributed by atoms with E-state index in [1.54, 1.807) is 6.07 Å². The summed E-state index contributed by atoms with van der Waals surface area (Å²) in [5.74, 6) is 0.314. The fourth-order valence-corrected chi connectivity index (χ4v) is 2.00. The van der Waals surface area contributed by atoms with Crippen molar-refractivity contribution in [2.45, 2.75) is 26.2 Å². The standard InChI is InChI=1S/C13H19N3O2/c1-2-7-16(8-9-3-4-9)12-10(14)5-6-11(15-12)13(17)18/h5-6,9H,2-4,7-8,14H2,1H3,(H,17,18). The molecule has 3 N–H and O–H groups in total. The summed E-state index contributed by atoms with van der Waals surface area (Å²) >= 11 is 0. The van der Waals surface area contributed by atoms with Crippen LogP contribution in [0.4, 0.5) is 11.5 Å². The van der Waals surface area contributed by atoms with Gasteiger partial charge in [-0.2, -0.15) is 0 Å². The number of hydrogen-bond acceptors (Lipinski definition) is 4. The maximum atomic E-state index is 11.0. The molecule has 1 aliphatic carbocycles. The molecule has 0 spiro atoms. The summed E-state index contributed by atoms with van der Waals surface area (Å²) in [4.78, 5) is 17.2. The summed E-state index contributed by atoms with van der Waals surface area (Å²) < 4.78 is 0. The van der Waals surface area contributed by atoms with Crippen molar-refractivity contribution >= 4 is 17.5 Å². The van der Waals surface area contributed by atoms with Crippen molar-refractivity contribution in [3.8, 4) is 0 Å². The van der Waals surface area contributed by atoms with Gasteiger partial charge in [-0.3, -0.25) is 0 Å². The van der Waals surface area contributed by atoms with Crippen molar-refractivity contribution < 1.29 is 9.90 Å². The Morgan fingerprint density at radius 3 is 2.83 bits per heavy atom. The minimum atomic E-state index is -1.01. The lowest BCUT2D eigenvalue weighted by Gasteiger charge is -2.24. The highest BCUT2D eigenvalue weighted by atomic mass is 16.4. The van der Waals surface area contributed by atoms with Gasteiger partial charge in [0.2, 0.25) is 0 Å². The van der Waals surface area contributed by atoms with Crippen molar-refractivity contribution in [2.24, 2.45) is 5.92 Å². The number of aromatic carboxylic acids is 1. The molecule has 1 aliphatic rings. The van der Waals surface area contributed by atoms with Crippen molar-refractivity contribution in [3.63, 3.8) is 0 Å². The largest absolute Gasteiger partial charge is 0.477 e. The Kier molecular flexibility index (Phi) is 3.69. The van der Waals surface area contributed by atoms with Crippen LogP contribution >= 0.6 is 0 Å². The number of nitrogens with two attached hydrogens (primary N) is 1. The number of carboxylic acids is 1. The molecule has 0 bridgehead atoms. The molecule has 5 nitrogen and oxygen atoms in total. The van der Waals surface area contributed by atoms with Crippen LogP contribution in [0.25, 0.3) is 0 Å². The lowest BCUT2D eigenvalue weighted by Crippen LogP contribution is -2.28. The van der Waals surface area contributed by atoms with Crippen LogP contribution < -0.4 is 10.6 Å². The van der Waals surface area contributed by atoms with E-state index in [-0.39, 0.29) is 5.69 Å². The Hall–Kier alpha value is -1.78. The van der Waals surface area contributed by atoms with E-state index in [4.69, 9.17) is 10.8 Å². The number of hydrogen-bond donors (Lipinski definition) is 2. The minimum Gasteiger partial charge on any atom is -0.477 e. The van der Waals surface area contributed by atoms with Gasteiger partial charge < -0.3 is 15.7 Å². The van der Waals surface area contributed by atoms with Gasteiger partial charge in [-0.15, -0.1) is 0 Å². The SMILES string of the molecule is CCCN(CC1CC1)c1nc(C(=O)O)ccc1N. The van der Waals surface area contributed by atoms with E-state index < -0.39 is 5.97 Å². The molecule has 1 saturated carbocycles. The lowest BCUT2D eigenvalue weighted by molar-refractivity contribution is 0.0690. The fraction of sp³-hybridized carbons (Fsp3) is 0.538. The second kappa shape index (κ2) is 5.25. The molecular weight excluding hydrogens is 230 g/mol. The number of anilines is 2. The van der Waals surface area contributed by atoms with E-state index in [9.17, 15) is 4.79 Å². The second-order valence-electron chi connectivity index (χ2n) is 4.80. The molecule has 0 radical (unpaired) electrons. The van der Waals surface area contributed by atoms with Crippen molar-refractivity contribution in [2.75, 3.05) is 23.7 Å². The first-order valence-electron chi connectivity index (χ1n) is 6.36.